The van der Waals surface area contributed by atoms with Crippen LogP contribution in [0, 0.1) is 5.41 Å². The minimum Gasteiger partial charge on any atom is -0.493 e. The maximum absolute atomic E-state index is 13.5. The summed E-state index contributed by atoms with van der Waals surface area (Å²) in [6, 6.07) is 1.77. The molecule has 2 heterocycles. The molecule has 30 heavy (non-hydrogen) atoms. The predicted octanol–water partition coefficient (Wildman–Crippen LogP) is 4.11. The standard InChI is InChI=1S/C20H26F2N4O3S/c1-19(6-8-20(21,22)9-7-19)12-29-16-10-17-23-24-18(25-30(27,28)14-4-5-14)26(17)11-15(16)13-2-3-13/h10-11,13-14H,2-9,12H2,1H3,(H,24,25). The van der Waals surface area contributed by atoms with Crippen LogP contribution in [0.4, 0.5) is 14.7 Å². The van der Waals surface area contributed by atoms with E-state index in [0.29, 0.717) is 49.6 Å². The van der Waals surface area contributed by atoms with Crippen LogP contribution in [-0.2, 0) is 10.0 Å². The molecule has 5 rings (SSSR count). The van der Waals surface area contributed by atoms with Crippen LogP contribution in [0.5, 0.6) is 5.75 Å². The predicted molar refractivity (Wildman–Crippen MR) is 108 cm³/mol. The highest BCUT2D eigenvalue weighted by molar-refractivity contribution is 7.93. The van der Waals surface area contributed by atoms with Gasteiger partial charge in [0.05, 0.1) is 11.9 Å². The number of aromatic nitrogens is 3. The largest absolute Gasteiger partial charge is 0.493 e. The summed E-state index contributed by atoms with van der Waals surface area (Å²) in [6.45, 7) is 2.37. The lowest BCUT2D eigenvalue weighted by Crippen LogP contribution is -2.35. The van der Waals surface area contributed by atoms with Gasteiger partial charge in [-0.05, 0) is 44.4 Å². The normalized spacial score (nSPS) is 23.4. The molecule has 164 valence electrons. The van der Waals surface area contributed by atoms with Crippen molar-refractivity contribution in [2.75, 3.05) is 11.3 Å². The number of ether oxygens (including phenoxy) is 1. The van der Waals surface area contributed by atoms with Crippen LogP contribution in [0.15, 0.2) is 12.3 Å². The Balaban J connectivity index is 1.38. The molecule has 0 radical (unpaired) electrons. The van der Waals surface area contributed by atoms with Gasteiger partial charge in [0.2, 0.25) is 21.9 Å². The lowest BCUT2D eigenvalue weighted by atomic mass is 9.75. The number of halogens is 2. The van der Waals surface area contributed by atoms with Crippen molar-refractivity contribution >= 4 is 21.6 Å². The summed E-state index contributed by atoms with van der Waals surface area (Å²) >= 11 is 0. The monoisotopic (exact) mass is 440 g/mol. The average Bonchev–Trinajstić information content (AvgIpc) is 3.60. The quantitative estimate of drug-likeness (QED) is 0.700. The van der Waals surface area contributed by atoms with Crippen LogP contribution in [0.2, 0.25) is 0 Å². The van der Waals surface area contributed by atoms with Crippen LogP contribution in [0.3, 0.4) is 0 Å². The molecule has 0 aliphatic heterocycles. The molecule has 3 saturated carbocycles. The Hall–Kier alpha value is -1.97. The van der Waals surface area contributed by atoms with Crippen LogP contribution in [0.1, 0.15) is 69.8 Å². The molecule has 3 aliphatic carbocycles. The van der Waals surface area contributed by atoms with Crippen LogP contribution < -0.4 is 9.46 Å². The fraction of sp³-hybridized carbons (Fsp3) is 0.700. The zero-order valence-corrected chi connectivity index (χ0v) is 17.7. The molecule has 0 aromatic carbocycles. The summed E-state index contributed by atoms with van der Waals surface area (Å²) in [4.78, 5) is 0. The average molecular weight is 441 g/mol. The van der Waals surface area contributed by atoms with Crippen molar-refractivity contribution in [3.8, 4) is 5.75 Å². The molecular formula is C20H26F2N4O3S. The summed E-state index contributed by atoms with van der Waals surface area (Å²) in [5.74, 6) is -1.34. The Morgan fingerprint density at radius 2 is 1.87 bits per heavy atom. The molecule has 0 unspecified atom stereocenters. The zero-order valence-electron chi connectivity index (χ0n) is 16.9. The van der Waals surface area contributed by atoms with Crippen LogP contribution in [0.25, 0.3) is 5.65 Å². The van der Waals surface area contributed by atoms with Crippen LogP contribution >= 0.6 is 0 Å². The number of alkyl halides is 2. The molecule has 10 heteroatoms. The maximum atomic E-state index is 13.5. The molecule has 1 N–H and O–H groups in total. The highest BCUT2D eigenvalue weighted by atomic mass is 32.2. The zero-order chi connectivity index (χ0) is 21.1. The Morgan fingerprint density at radius 1 is 1.17 bits per heavy atom. The number of nitrogens with zero attached hydrogens (tertiary/aromatic N) is 3. The number of rotatable bonds is 7. The van der Waals surface area contributed by atoms with Gasteiger partial charge in [-0.15, -0.1) is 10.2 Å². The highest BCUT2D eigenvalue weighted by Gasteiger charge is 2.41. The van der Waals surface area contributed by atoms with E-state index in [0.717, 1.165) is 18.4 Å². The van der Waals surface area contributed by atoms with E-state index >= 15 is 0 Å². The molecule has 3 fully saturated rings. The summed E-state index contributed by atoms with van der Waals surface area (Å²) in [5, 5.41) is 7.77. The van der Waals surface area contributed by atoms with Crippen molar-refractivity contribution in [3.63, 3.8) is 0 Å². The van der Waals surface area contributed by atoms with Gasteiger partial charge in [-0.1, -0.05) is 6.92 Å². The van der Waals surface area contributed by atoms with Crippen molar-refractivity contribution in [2.45, 2.75) is 75.4 Å². The third kappa shape index (κ3) is 3.98. The second-order valence-corrected chi connectivity index (χ2v) is 11.4. The number of fused-ring (bicyclic) bond motifs is 1. The number of hydrogen-bond donors (Lipinski definition) is 1. The second kappa shape index (κ2) is 6.77. The Labute approximate surface area is 174 Å². The molecule has 2 aromatic heterocycles. The Morgan fingerprint density at radius 3 is 2.50 bits per heavy atom. The van der Waals surface area contributed by atoms with Gasteiger partial charge in [0.25, 0.3) is 0 Å². The van der Waals surface area contributed by atoms with Gasteiger partial charge >= 0.3 is 0 Å². The van der Waals surface area contributed by atoms with E-state index in [9.17, 15) is 17.2 Å². The molecule has 7 nitrogen and oxygen atoms in total. The van der Waals surface area contributed by atoms with E-state index in [1.54, 1.807) is 10.5 Å². The number of anilines is 1. The van der Waals surface area contributed by atoms with Gasteiger partial charge in [-0.2, -0.15) is 0 Å². The minimum absolute atomic E-state index is 0.101. The number of nitrogens with one attached hydrogen (secondary N) is 1. The minimum atomic E-state index is -3.44. The third-order valence-corrected chi connectivity index (χ3v) is 8.33. The van der Waals surface area contributed by atoms with Gasteiger partial charge in [0.1, 0.15) is 5.75 Å². The van der Waals surface area contributed by atoms with Crippen molar-refractivity contribution in [2.24, 2.45) is 5.41 Å². The molecule has 3 aliphatic rings. The highest BCUT2D eigenvalue weighted by Crippen LogP contribution is 2.47. The Bertz CT molecular complexity index is 1070. The van der Waals surface area contributed by atoms with E-state index in [-0.39, 0.29) is 29.5 Å². The SMILES string of the molecule is CC1(COc2cc3nnc(NS(=O)(=O)C4CC4)n3cc2C2CC2)CCC(F)(F)CC1. The van der Waals surface area contributed by atoms with Gasteiger partial charge in [-0.25, -0.2) is 17.2 Å². The van der Waals surface area contributed by atoms with E-state index in [2.05, 4.69) is 14.9 Å². The molecule has 0 saturated heterocycles. The summed E-state index contributed by atoms with van der Waals surface area (Å²) in [7, 11) is -3.44. The van der Waals surface area contributed by atoms with Gasteiger partial charge in [0, 0.05) is 36.1 Å². The van der Waals surface area contributed by atoms with Gasteiger partial charge < -0.3 is 4.74 Å². The third-order valence-electron chi connectivity index (χ3n) is 6.51. The number of sulfonamides is 1. The van der Waals surface area contributed by atoms with Crippen molar-refractivity contribution < 1.29 is 21.9 Å². The smallest absolute Gasteiger partial charge is 0.248 e. The first-order valence-corrected chi connectivity index (χ1v) is 12.1. The molecule has 0 bridgehead atoms. The molecule has 2 aromatic rings. The molecule has 0 amide bonds. The Kier molecular flexibility index (Phi) is 4.50. The number of pyridine rings is 1. The molecule has 0 spiro atoms. The first-order valence-electron chi connectivity index (χ1n) is 10.6. The van der Waals surface area contributed by atoms with E-state index in [1.165, 1.54) is 0 Å². The van der Waals surface area contributed by atoms with E-state index in [1.807, 2.05) is 13.1 Å². The fourth-order valence-corrected chi connectivity index (χ4v) is 5.35. The molecule has 0 atom stereocenters. The van der Waals surface area contributed by atoms with Crippen molar-refractivity contribution in [1.82, 2.24) is 14.6 Å². The lowest BCUT2D eigenvalue weighted by Gasteiger charge is -2.37. The topological polar surface area (TPSA) is 85.6 Å². The summed E-state index contributed by atoms with van der Waals surface area (Å²) in [6.07, 6.45) is 5.92. The molecular weight excluding hydrogens is 414 g/mol. The fourth-order valence-electron chi connectivity index (χ4n) is 4.03. The van der Waals surface area contributed by atoms with Gasteiger partial charge in [-0.3, -0.25) is 9.12 Å². The first kappa shape index (κ1) is 20.0. The summed E-state index contributed by atoms with van der Waals surface area (Å²) < 4.78 is 62.0. The van der Waals surface area contributed by atoms with Crippen molar-refractivity contribution in [1.29, 1.82) is 0 Å². The first-order chi connectivity index (χ1) is 14.1. The van der Waals surface area contributed by atoms with Gasteiger partial charge in [0.15, 0.2) is 5.65 Å². The van der Waals surface area contributed by atoms with Crippen molar-refractivity contribution in [3.05, 3.63) is 17.8 Å². The van der Waals surface area contributed by atoms with Crippen LogP contribution in [-0.4, -0.2) is 40.8 Å². The number of hydrogen-bond acceptors (Lipinski definition) is 5. The lowest BCUT2D eigenvalue weighted by molar-refractivity contribution is -0.0712. The van der Waals surface area contributed by atoms with E-state index < -0.39 is 15.9 Å². The van der Waals surface area contributed by atoms with E-state index in [4.69, 9.17) is 4.74 Å². The maximum Gasteiger partial charge on any atom is 0.248 e. The summed E-state index contributed by atoms with van der Waals surface area (Å²) in [5.41, 5.74) is 1.19. The second-order valence-electron chi connectivity index (χ2n) is 9.42.